The largest absolute Gasteiger partial charge is 0.361 e. The van der Waals surface area contributed by atoms with Crippen LogP contribution in [0.4, 0.5) is 10.1 Å². The van der Waals surface area contributed by atoms with Crippen LogP contribution in [0.15, 0.2) is 12.1 Å². The molecule has 5 rings (SSSR count). The van der Waals surface area contributed by atoms with Crippen molar-refractivity contribution in [3.8, 4) is 0 Å². The van der Waals surface area contributed by atoms with Crippen LogP contribution >= 0.6 is 0 Å². The maximum atomic E-state index is 15.4. The van der Waals surface area contributed by atoms with E-state index < -0.39 is 35.5 Å². The van der Waals surface area contributed by atoms with Crippen LogP contribution in [0.25, 0.3) is 0 Å². The minimum Gasteiger partial charge on any atom is -0.361 e. The molecule has 1 aromatic carbocycles. The lowest BCUT2D eigenvalue weighted by molar-refractivity contribution is -0.136. The lowest BCUT2D eigenvalue weighted by atomic mass is 10.0. The summed E-state index contributed by atoms with van der Waals surface area (Å²) in [6.07, 6.45) is 1.97. The first-order chi connectivity index (χ1) is 13.5. The predicted molar refractivity (Wildman–Crippen MR) is 95.2 cm³/mol. The molecule has 3 saturated heterocycles. The number of carbonyl (C=O) groups is 4. The van der Waals surface area contributed by atoms with Crippen LogP contribution in [0.3, 0.4) is 0 Å². The molecule has 3 unspecified atom stereocenters. The molecule has 0 saturated carbocycles. The zero-order chi connectivity index (χ0) is 19.6. The molecule has 3 fully saturated rings. The van der Waals surface area contributed by atoms with Crippen molar-refractivity contribution in [2.75, 3.05) is 18.0 Å². The number of piperidine rings is 1. The fourth-order valence-electron chi connectivity index (χ4n) is 4.88. The van der Waals surface area contributed by atoms with Gasteiger partial charge >= 0.3 is 0 Å². The maximum absolute atomic E-state index is 15.4. The van der Waals surface area contributed by atoms with Gasteiger partial charge in [-0.05, 0) is 31.4 Å². The van der Waals surface area contributed by atoms with E-state index in [-0.39, 0.29) is 36.1 Å². The summed E-state index contributed by atoms with van der Waals surface area (Å²) in [4.78, 5) is 52.0. The predicted octanol–water partition coefficient (Wildman–Crippen LogP) is 0.168. The molecule has 2 N–H and O–H groups in total. The summed E-state index contributed by atoms with van der Waals surface area (Å²) >= 11 is 0. The second-order valence-corrected chi connectivity index (χ2v) is 7.72. The first-order valence-corrected chi connectivity index (χ1v) is 9.50. The fourth-order valence-corrected chi connectivity index (χ4v) is 4.88. The third-order valence-corrected chi connectivity index (χ3v) is 6.18. The SMILES string of the molecule is O=C1CCC(N2C(=O)c3ccc(N4C5CCC4CNC5)c(F)c3C2=O)C(=O)N1. The lowest BCUT2D eigenvalue weighted by Crippen LogP contribution is -2.54. The highest BCUT2D eigenvalue weighted by atomic mass is 19.1. The number of nitrogens with zero attached hydrogens (tertiary/aromatic N) is 2. The van der Waals surface area contributed by atoms with Crippen molar-refractivity contribution >= 4 is 29.3 Å². The van der Waals surface area contributed by atoms with Gasteiger partial charge in [0.05, 0.1) is 16.8 Å². The van der Waals surface area contributed by atoms with Gasteiger partial charge in [0, 0.05) is 31.6 Å². The van der Waals surface area contributed by atoms with Crippen LogP contribution in [0.5, 0.6) is 0 Å². The highest BCUT2D eigenvalue weighted by Crippen LogP contribution is 2.38. The van der Waals surface area contributed by atoms with Gasteiger partial charge in [0.15, 0.2) is 5.82 Å². The van der Waals surface area contributed by atoms with Crippen LogP contribution in [-0.2, 0) is 9.59 Å². The van der Waals surface area contributed by atoms with Crippen LogP contribution in [0.1, 0.15) is 46.4 Å². The zero-order valence-corrected chi connectivity index (χ0v) is 15.0. The molecule has 1 aromatic rings. The fraction of sp³-hybridized carbons (Fsp3) is 0.474. The van der Waals surface area contributed by atoms with E-state index >= 15 is 4.39 Å². The van der Waals surface area contributed by atoms with Crippen molar-refractivity contribution in [1.29, 1.82) is 0 Å². The van der Waals surface area contributed by atoms with E-state index in [9.17, 15) is 19.2 Å². The second-order valence-electron chi connectivity index (χ2n) is 7.72. The smallest absolute Gasteiger partial charge is 0.265 e. The normalized spacial score (nSPS) is 29.4. The third kappa shape index (κ3) is 2.32. The Morgan fingerprint density at radius 3 is 2.36 bits per heavy atom. The van der Waals surface area contributed by atoms with Crippen molar-refractivity contribution in [2.24, 2.45) is 0 Å². The number of rotatable bonds is 2. The van der Waals surface area contributed by atoms with Crippen LogP contribution in [0, 0.1) is 5.82 Å². The molecule has 0 aromatic heterocycles. The minimum atomic E-state index is -1.09. The van der Waals surface area contributed by atoms with Gasteiger partial charge in [-0.25, -0.2) is 4.39 Å². The molecule has 0 radical (unpaired) electrons. The Morgan fingerprint density at radius 1 is 0.964 bits per heavy atom. The van der Waals surface area contributed by atoms with Gasteiger partial charge in [-0.3, -0.25) is 29.4 Å². The van der Waals surface area contributed by atoms with Gasteiger partial charge in [0.1, 0.15) is 6.04 Å². The average Bonchev–Trinajstić information content (AvgIpc) is 3.05. The van der Waals surface area contributed by atoms with Crippen molar-refractivity contribution in [2.45, 2.75) is 43.8 Å². The number of piperazine rings is 1. The molecule has 8 nitrogen and oxygen atoms in total. The molecular weight excluding hydrogens is 367 g/mol. The minimum absolute atomic E-state index is 0.0292. The third-order valence-electron chi connectivity index (χ3n) is 6.18. The zero-order valence-electron chi connectivity index (χ0n) is 15.0. The second kappa shape index (κ2) is 6.10. The topological polar surface area (TPSA) is 98.8 Å². The monoisotopic (exact) mass is 386 g/mol. The highest BCUT2D eigenvalue weighted by Gasteiger charge is 2.47. The Kier molecular flexibility index (Phi) is 3.77. The summed E-state index contributed by atoms with van der Waals surface area (Å²) in [5, 5.41) is 5.47. The number of hydrogen-bond acceptors (Lipinski definition) is 6. The number of benzene rings is 1. The summed E-state index contributed by atoms with van der Waals surface area (Å²) < 4.78 is 15.4. The molecule has 4 heterocycles. The molecular formula is C19H19FN4O4. The number of fused-ring (bicyclic) bond motifs is 3. The average molecular weight is 386 g/mol. The van der Waals surface area contributed by atoms with Crippen molar-refractivity contribution in [3.63, 3.8) is 0 Å². The van der Waals surface area contributed by atoms with Crippen LogP contribution in [-0.4, -0.2) is 59.7 Å². The first kappa shape index (κ1) is 17.3. The van der Waals surface area contributed by atoms with Crippen LogP contribution in [0.2, 0.25) is 0 Å². The Balaban J connectivity index is 1.52. The molecule has 4 aliphatic heterocycles. The van der Waals surface area contributed by atoms with Gasteiger partial charge in [0.25, 0.3) is 11.8 Å². The Bertz CT molecular complexity index is 917. The molecule has 0 aliphatic carbocycles. The molecule has 0 spiro atoms. The van der Waals surface area contributed by atoms with E-state index in [0.29, 0.717) is 5.69 Å². The van der Waals surface area contributed by atoms with Crippen molar-refractivity contribution in [3.05, 3.63) is 29.1 Å². The summed E-state index contributed by atoms with van der Waals surface area (Å²) in [6, 6.07) is 2.25. The molecule has 9 heteroatoms. The number of imide groups is 2. The molecule has 2 bridgehead atoms. The van der Waals surface area contributed by atoms with Crippen molar-refractivity contribution in [1.82, 2.24) is 15.5 Å². The van der Waals surface area contributed by atoms with Crippen LogP contribution < -0.4 is 15.5 Å². The number of amides is 4. The summed E-state index contributed by atoms with van der Waals surface area (Å²) in [5.74, 6) is -3.35. The lowest BCUT2D eigenvalue weighted by Gasteiger charge is -2.37. The Labute approximate surface area is 160 Å². The Morgan fingerprint density at radius 2 is 1.68 bits per heavy atom. The van der Waals surface area contributed by atoms with Gasteiger partial charge in [-0.2, -0.15) is 0 Å². The van der Waals surface area contributed by atoms with E-state index in [1.165, 1.54) is 6.07 Å². The van der Waals surface area contributed by atoms with Gasteiger partial charge < -0.3 is 10.2 Å². The summed E-state index contributed by atoms with van der Waals surface area (Å²) in [6.45, 7) is 1.50. The first-order valence-electron chi connectivity index (χ1n) is 9.50. The summed E-state index contributed by atoms with van der Waals surface area (Å²) in [5.41, 5.74) is 0.0302. The summed E-state index contributed by atoms with van der Waals surface area (Å²) in [7, 11) is 0. The number of nitrogens with one attached hydrogen (secondary N) is 2. The highest BCUT2D eigenvalue weighted by molar-refractivity contribution is 6.24. The molecule has 3 atom stereocenters. The number of halogens is 1. The van der Waals surface area contributed by atoms with E-state index in [4.69, 9.17) is 0 Å². The number of hydrogen-bond donors (Lipinski definition) is 2. The van der Waals surface area contributed by atoms with Gasteiger partial charge in [-0.15, -0.1) is 0 Å². The molecule has 146 valence electrons. The number of anilines is 1. The van der Waals surface area contributed by atoms with Gasteiger partial charge in [-0.1, -0.05) is 0 Å². The molecule has 4 aliphatic rings. The van der Waals surface area contributed by atoms with E-state index in [1.54, 1.807) is 6.07 Å². The molecule has 28 heavy (non-hydrogen) atoms. The maximum Gasteiger partial charge on any atom is 0.265 e. The van der Waals surface area contributed by atoms with E-state index in [0.717, 1.165) is 30.8 Å². The van der Waals surface area contributed by atoms with Crippen molar-refractivity contribution < 1.29 is 23.6 Å². The molecule has 4 amide bonds. The van der Waals surface area contributed by atoms with E-state index in [1.807, 2.05) is 4.90 Å². The Hall–Kier alpha value is -2.81. The number of carbonyl (C=O) groups excluding carboxylic acids is 4. The standard InChI is InChI=1S/C19H19FN4O4/c20-16-12(23-9-1-2-10(23)8-21-7-9)4-3-11-15(16)19(28)24(18(11)27)13-5-6-14(25)22-17(13)26/h3-4,9-10,13,21H,1-2,5-8H2,(H,22,25,26). The van der Waals surface area contributed by atoms with Gasteiger partial charge in [0.2, 0.25) is 11.8 Å². The quantitative estimate of drug-likeness (QED) is 0.703. The van der Waals surface area contributed by atoms with E-state index in [2.05, 4.69) is 10.6 Å².